The predicted molar refractivity (Wildman–Crippen MR) is 118 cm³/mol. The zero-order valence-corrected chi connectivity index (χ0v) is 18.8. The Balaban J connectivity index is 1.47. The number of amides is 2. The molecule has 2 aliphatic heterocycles. The number of nitrogens with zero attached hydrogens (tertiary/aromatic N) is 2. The molecule has 2 amide bonds. The quantitative estimate of drug-likeness (QED) is 0.493. The normalized spacial score (nSPS) is 21.7. The molecule has 0 aromatic heterocycles. The van der Waals surface area contributed by atoms with Crippen LogP contribution in [0.3, 0.4) is 0 Å². The molecule has 2 aliphatic rings. The van der Waals surface area contributed by atoms with Gasteiger partial charge in [-0.15, -0.1) is 0 Å². The van der Waals surface area contributed by atoms with Gasteiger partial charge >= 0.3 is 0 Å². The molecule has 9 nitrogen and oxygen atoms in total. The van der Waals surface area contributed by atoms with Gasteiger partial charge in [0.15, 0.2) is 0 Å². The molecule has 172 valence electrons. The second kappa shape index (κ2) is 11.3. The molecular weight excluding hydrogens is 398 g/mol. The van der Waals surface area contributed by atoms with Gasteiger partial charge in [-0.1, -0.05) is 19.4 Å². The fourth-order valence-corrected chi connectivity index (χ4v) is 4.04. The van der Waals surface area contributed by atoms with Crippen LogP contribution in [0.4, 0.5) is 0 Å². The Labute approximate surface area is 184 Å². The second-order valence-corrected chi connectivity index (χ2v) is 8.04. The lowest BCUT2D eigenvalue weighted by molar-refractivity contribution is -0.135. The van der Waals surface area contributed by atoms with E-state index < -0.39 is 0 Å². The summed E-state index contributed by atoms with van der Waals surface area (Å²) in [7, 11) is 3.25. The molecule has 0 aliphatic carbocycles. The largest absolute Gasteiger partial charge is 0.497 e. The third-order valence-corrected chi connectivity index (χ3v) is 5.92. The van der Waals surface area contributed by atoms with Crippen LogP contribution >= 0.6 is 0 Å². The van der Waals surface area contributed by atoms with Gasteiger partial charge in [0.05, 0.1) is 26.8 Å². The van der Waals surface area contributed by atoms with Crippen molar-refractivity contribution >= 4 is 11.8 Å². The van der Waals surface area contributed by atoms with E-state index in [2.05, 4.69) is 28.0 Å². The number of carbonyl (C=O) groups is 2. The topological polar surface area (TPSA) is 95.2 Å². The third-order valence-electron chi connectivity index (χ3n) is 5.92. The fourth-order valence-electron chi connectivity index (χ4n) is 4.04. The second-order valence-electron chi connectivity index (χ2n) is 8.04. The molecule has 2 saturated heterocycles. The lowest BCUT2D eigenvalue weighted by atomic mass is 10.00. The molecule has 2 fully saturated rings. The maximum absolute atomic E-state index is 13.0. The van der Waals surface area contributed by atoms with Crippen molar-refractivity contribution in [1.29, 1.82) is 0 Å². The number of methoxy groups -OCH3 is 2. The van der Waals surface area contributed by atoms with E-state index in [-0.39, 0.29) is 23.9 Å². The number of unbranched alkanes of at least 4 members (excludes halogenated alkanes) is 1. The summed E-state index contributed by atoms with van der Waals surface area (Å²) in [5.41, 5.74) is 7.37. The van der Waals surface area contributed by atoms with Crippen molar-refractivity contribution in [1.82, 2.24) is 26.0 Å². The zero-order valence-electron chi connectivity index (χ0n) is 18.8. The summed E-state index contributed by atoms with van der Waals surface area (Å²) in [5.74, 6) is 1.62. The van der Waals surface area contributed by atoms with E-state index in [1.165, 1.54) is 0 Å². The van der Waals surface area contributed by atoms with E-state index >= 15 is 0 Å². The summed E-state index contributed by atoms with van der Waals surface area (Å²) in [5, 5.41) is 2.95. The summed E-state index contributed by atoms with van der Waals surface area (Å²) in [6, 6.07) is 5.40. The number of hydrogen-bond donors (Lipinski definition) is 3. The SMILES string of the molecule is CCCCNC(=O)CN1CCN(C(=O)C2CC(c3ccc(OC)cc3OC)NN2)CC1. The Morgan fingerprint density at radius 3 is 2.58 bits per heavy atom. The molecule has 2 heterocycles. The first-order chi connectivity index (χ1) is 15.0. The number of hydrazine groups is 1. The van der Waals surface area contributed by atoms with Crippen LogP contribution in [0.15, 0.2) is 18.2 Å². The minimum atomic E-state index is -0.291. The van der Waals surface area contributed by atoms with Crippen LogP contribution in [-0.2, 0) is 9.59 Å². The lowest BCUT2D eigenvalue weighted by Gasteiger charge is -2.35. The summed E-state index contributed by atoms with van der Waals surface area (Å²) in [4.78, 5) is 29.0. The van der Waals surface area contributed by atoms with Crippen molar-refractivity contribution < 1.29 is 19.1 Å². The van der Waals surface area contributed by atoms with Crippen molar-refractivity contribution in [2.45, 2.75) is 38.3 Å². The maximum atomic E-state index is 13.0. The molecule has 3 N–H and O–H groups in total. The Kier molecular flexibility index (Phi) is 8.51. The zero-order chi connectivity index (χ0) is 22.2. The molecule has 31 heavy (non-hydrogen) atoms. The van der Waals surface area contributed by atoms with Crippen LogP contribution in [0.2, 0.25) is 0 Å². The van der Waals surface area contributed by atoms with Crippen LogP contribution in [0.1, 0.15) is 37.8 Å². The third kappa shape index (κ3) is 6.09. The van der Waals surface area contributed by atoms with Crippen molar-refractivity contribution in [3.63, 3.8) is 0 Å². The summed E-state index contributed by atoms with van der Waals surface area (Å²) in [6.45, 7) is 5.92. The number of rotatable bonds is 9. The van der Waals surface area contributed by atoms with Gasteiger partial charge in [0.2, 0.25) is 11.8 Å². The standard InChI is InChI=1S/C22H35N5O4/c1-4-5-8-23-21(28)15-26-9-11-27(12-10-26)22(29)19-14-18(24-25-19)17-7-6-16(30-2)13-20(17)31-3/h6-7,13,18-19,24-25H,4-5,8-12,14-15H2,1-3H3,(H,23,28). The van der Waals surface area contributed by atoms with Crippen molar-refractivity contribution in [3.8, 4) is 11.5 Å². The molecule has 0 radical (unpaired) electrons. The molecule has 2 atom stereocenters. The average Bonchev–Trinajstić information content (AvgIpc) is 3.29. The molecule has 1 aromatic rings. The van der Waals surface area contributed by atoms with Crippen molar-refractivity contribution in [2.75, 3.05) is 53.5 Å². The number of carbonyl (C=O) groups excluding carboxylic acids is 2. The summed E-state index contributed by atoms with van der Waals surface area (Å²) < 4.78 is 10.8. The first kappa shape index (κ1) is 23.3. The summed E-state index contributed by atoms with van der Waals surface area (Å²) in [6.07, 6.45) is 2.71. The first-order valence-electron chi connectivity index (χ1n) is 11.1. The minimum Gasteiger partial charge on any atom is -0.497 e. The predicted octanol–water partition coefficient (Wildman–Crippen LogP) is 0.672. The fraction of sp³-hybridized carbons (Fsp3) is 0.636. The molecular formula is C22H35N5O4. The Hall–Kier alpha value is -2.36. The number of hydrogen-bond acceptors (Lipinski definition) is 7. The van der Waals surface area contributed by atoms with E-state index in [1.807, 2.05) is 23.1 Å². The number of benzene rings is 1. The Morgan fingerprint density at radius 2 is 1.90 bits per heavy atom. The highest BCUT2D eigenvalue weighted by Gasteiger charge is 2.35. The molecule has 0 saturated carbocycles. The average molecular weight is 434 g/mol. The van der Waals surface area contributed by atoms with E-state index in [4.69, 9.17) is 9.47 Å². The smallest absolute Gasteiger partial charge is 0.241 e. The molecule has 1 aromatic carbocycles. The van der Waals surface area contributed by atoms with Crippen molar-refractivity contribution in [2.24, 2.45) is 0 Å². The maximum Gasteiger partial charge on any atom is 0.241 e. The van der Waals surface area contributed by atoms with Gasteiger partial charge in [-0.3, -0.25) is 14.5 Å². The monoisotopic (exact) mass is 433 g/mol. The van der Waals surface area contributed by atoms with E-state index in [0.29, 0.717) is 39.1 Å². The van der Waals surface area contributed by atoms with Gasteiger partial charge in [-0.2, -0.15) is 0 Å². The van der Waals surface area contributed by atoms with Crippen LogP contribution in [-0.4, -0.2) is 81.1 Å². The first-order valence-corrected chi connectivity index (χ1v) is 11.1. The number of nitrogens with one attached hydrogen (secondary N) is 3. The lowest BCUT2D eigenvalue weighted by Crippen LogP contribution is -2.54. The van der Waals surface area contributed by atoms with Crippen LogP contribution in [0, 0.1) is 0 Å². The molecule has 0 bridgehead atoms. The van der Waals surface area contributed by atoms with Gasteiger partial charge in [0.25, 0.3) is 0 Å². The van der Waals surface area contributed by atoms with Gasteiger partial charge in [0, 0.05) is 44.4 Å². The van der Waals surface area contributed by atoms with Gasteiger partial charge in [-0.25, -0.2) is 10.9 Å². The van der Waals surface area contributed by atoms with Crippen molar-refractivity contribution in [3.05, 3.63) is 23.8 Å². The number of piperazine rings is 1. The van der Waals surface area contributed by atoms with Crippen LogP contribution in [0.25, 0.3) is 0 Å². The van der Waals surface area contributed by atoms with Gasteiger partial charge in [-0.05, 0) is 18.9 Å². The van der Waals surface area contributed by atoms with Crippen LogP contribution in [0.5, 0.6) is 11.5 Å². The highest BCUT2D eigenvalue weighted by molar-refractivity contribution is 5.82. The van der Waals surface area contributed by atoms with E-state index in [0.717, 1.165) is 36.4 Å². The molecule has 0 spiro atoms. The van der Waals surface area contributed by atoms with Crippen LogP contribution < -0.4 is 25.6 Å². The Bertz CT molecular complexity index is 751. The molecule has 9 heteroatoms. The Morgan fingerprint density at radius 1 is 1.13 bits per heavy atom. The minimum absolute atomic E-state index is 0.0251. The van der Waals surface area contributed by atoms with Gasteiger partial charge in [0.1, 0.15) is 17.5 Å². The molecule has 2 unspecified atom stereocenters. The summed E-state index contributed by atoms with van der Waals surface area (Å²) >= 11 is 0. The highest BCUT2D eigenvalue weighted by atomic mass is 16.5. The van der Waals surface area contributed by atoms with E-state index in [9.17, 15) is 9.59 Å². The number of ether oxygens (including phenoxy) is 2. The van der Waals surface area contributed by atoms with E-state index in [1.54, 1.807) is 14.2 Å². The molecule has 3 rings (SSSR count). The highest BCUT2D eigenvalue weighted by Crippen LogP contribution is 2.33. The van der Waals surface area contributed by atoms with Gasteiger partial charge < -0.3 is 19.7 Å².